The predicted molar refractivity (Wildman–Crippen MR) is 97.0 cm³/mol. The lowest BCUT2D eigenvalue weighted by Gasteiger charge is -2.32. The van der Waals surface area contributed by atoms with E-state index in [0.717, 1.165) is 5.57 Å². The lowest BCUT2D eigenvalue weighted by Crippen LogP contribution is -2.19. The van der Waals surface area contributed by atoms with Gasteiger partial charge in [0.05, 0.1) is 5.03 Å². The quantitative estimate of drug-likeness (QED) is 0.331. The van der Waals surface area contributed by atoms with E-state index >= 15 is 0 Å². The largest absolute Gasteiger partial charge is 0.297 e. The summed E-state index contributed by atoms with van der Waals surface area (Å²) >= 11 is 5.76. The van der Waals surface area contributed by atoms with Crippen molar-refractivity contribution in [3.05, 3.63) is 57.7 Å². The second-order valence-corrected chi connectivity index (χ2v) is 7.09. The summed E-state index contributed by atoms with van der Waals surface area (Å²) in [5.41, 5.74) is 5.19. The number of allylic oxidation sites excluding steroid dienone is 10. The van der Waals surface area contributed by atoms with Gasteiger partial charge in [-0.2, -0.15) is 0 Å². The Morgan fingerprint density at radius 1 is 1.23 bits per heavy atom. The number of hydrogen-bond donors (Lipinski definition) is 0. The van der Waals surface area contributed by atoms with Crippen molar-refractivity contribution in [2.24, 2.45) is 5.41 Å². The summed E-state index contributed by atoms with van der Waals surface area (Å²) in [7, 11) is 0. The fourth-order valence-electron chi connectivity index (χ4n) is 2.80. The summed E-state index contributed by atoms with van der Waals surface area (Å²) in [6.07, 6.45) is 14.6. The summed E-state index contributed by atoms with van der Waals surface area (Å²) in [6, 6.07) is 0. The second-order valence-electron chi connectivity index (χ2n) is 6.68. The molecule has 0 heterocycles. The van der Waals surface area contributed by atoms with E-state index < -0.39 is 0 Å². The minimum absolute atomic E-state index is 0.252. The summed E-state index contributed by atoms with van der Waals surface area (Å²) in [5.74, 6) is 0. The van der Waals surface area contributed by atoms with E-state index in [2.05, 4.69) is 39.8 Å². The average Bonchev–Trinajstić information content (AvgIpc) is 2.45. The Bertz CT molecular complexity index is 569. The van der Waals surface area contributed by atoms with Gasteiger partial charge in [0, 0.05) is 0 Å². The number of halogens is 1. The zero-order valence-corrected chi connectivity index (χ0v) is 15.1. The van der Waals surface area contributed by atoms with Gasteiger partial charge in [0.1, 0.15) is 0 Å². The molecule has 1 aliphatic rings. The van der Waals surface area contributed by atoms with Crippen LogP contribution in [0, 0.1) is 5.41 Å². The molecule has 0 aliphatic heterocycles. The Morgan fingerprint density at radius 3 is 2.50 bits per heavy atom. The van der Waals surface area contributed by atoms with Crippen molar-refractivity contribution in [2.45, 2.75) is 53.9 Å². The van der Waals surface area contributed by atoms with Crippen LogP contribution in [0.25, 0.3) is 0 Å². The van der Waals surface area contributed by atoms with Gasteiger partial charge in [-0.05, 0) is 56.6 Å². The topological polar surface area (TPSA) is 17.1 Å². The lowest BCUT2D eigenvalue weighted by molar-refractivity contribution is -0.104. The molecule has 0 saturated heterocycles. The zero-order valence-electron chi connectivity index (χ0n) is 14.4. The number of carbonyl (C=O) groups excluding carboxylic acids is 1. The van der Waals surface area contributed by atoms with Gasteiger partial charge >= 0.3 is 0 Å². The third kappa shape index (κ3) is 5.46. The van der Waals surface area contributed by atoms with Crippen molar-refractivity contribution in [2.75, 3.05) is 0 Å². The van der Waals surface area contributed by atoms with Crippen LogP contribution in [0.1, 0.15) is 53.9 Å². The predicted octanol–water partition coefficient (Wildman–Crippen LogP) is 6.28. The van der Waals surface area contributed by atoms with Crippen LogP contribution < -0.4 is 0 Å². The zero-order chi connectivity index (χ0) is 16.8. The third-order valence-corrected chi connectivity index (χ3v) is 4.63. The van der Waals surface area contributed by atoms with Gasteiger partial charge in [-0.15, -0.1) is 0 Å². The normalized spacial score (nSPS) is 20.7. The fraction of sp³-hybridized carbons (Fsp3) is 0.450. The number of hydrogen-bond acceptors (Lipinski definition) is 1. The minimum Gasteiger partial charge on any atom is -0.297 e. The molecule has 0 saturated carbocycles. The molecule has 1 nitrogen and oxygen atoms in total. The first kappa shape index (κ1) is 18.7. The van der Waals surface area contributed by atoms with Crippen LogP contribution in [0.15, 0.2) is 57.7 Å². The highest BCUT2D eigenvalue weighted by Gasteiger charge is 2.26. The highest BCUT2D eigenvalue weighted by Crippen LogP contribution is 2.40. The molecular weight excluding hydrogens is 292 g/mol. The van der Waals surface area contributed by atoms with Gasteiger partial charge in [-0.1, -0.05) is 67.0 Å². The Morgan fingerprint density at radius 2 is 1.91 bits per heavy atom. The molecule has 0 spiro atoms. The van der Waals surface area contributed by atoms with Gasteiger partial charge in [-0.25, -0.2) is 0 Å². The maximum atomic E-state index is 10.6. The monoisotopic (exact) mass is 318 g/mol. The third-order valence-electron chi connectivity index (χ3n) is 4.24. The van der Waals surface area contributed by atoms with E-state index in [1.165, 1.54) is 36.0 Å². The van der Waals surface area contributed by atoms with Crippen LogP contribution in [-0.2, 0) is 4.79 Å². The highest BCUT2D eigenvalue weighted by molar-refractivity contribution is 6.39. The Hall–Kier alpha value is -1.34. The summed E-state index contributed by atoms with van der Waals surface area (Å²) in [6.45, 7) is 10.8. The van der Waals surface area contributed by atoms with Gasteiger partial charge in [0.15, 0.2) is 6.29 Å². The van der Waals surface area contributed by atoms with E-state index in [0.29, 0.717) is 6.29 Å². The first-order valence-corrected chi connectivity index (χ1v) is 8.20. The van der Waals surface area contributed by atoms with E-state index in [1.54, 1.807) is 0 Å². The lowest BCUT2D eigenvalue weighted by atomic mass is 9.72. The number of rotatable bonds is 5. The van der Waals surface area contributed by atoms with E-state index in [9.17, 15) is 4.79 Å². The molecule has 0 aromatic carbocycles. The molecule has 22 heavy (non-hydrogen) atoms. The van der Waals surface area contributed by atoms with Crippen molar-refractivity contribution in [3.8, 4) is 0 Å². The number of aldehydes is 1. The summed E-state index contributed by atoms with van der Waals surface area (Å²) in [4.78, 5) is 10.6. The van der Waals surface area contributed by atoms with Crippen LogP contribution in [0.2, 0.25) is 0 Å². The highest BCUT2D eigenvalue weighted by atomic mass is 35.5. The van der Waals surface area contributed by atoms with Crippen molar-refractivity contribution in [1.29, 1.82) is 0 Å². The molecule has 0 atom stereocenters. The van der Waals surface area contributed by atoms with Crippen molar-refractivity contribution < 1.29 is 4.79 Å². The summed E-state index contributed by atoms with van der Waals surface area (Å²) in [5, 5.41) is 0.252. The standard InChI is InChI=1S/C20H27ClO/c1-15(8-6-9-17(3)19(21)14-22)11-12-18-16(2)10-7-13-20(18,4)5/h6,8-9,11-12,14H,7,10,13H2,1-5H3/b9-6+,12-11+,15-8+,19-17-. The van der Waals surface area contributed by atoms with Crippen molar-refractivity contribution >= 4 is 17.9 Å². The first-order valence-electron chi connectivity index (χ1n) is 7.83. The number of carbonyl (C=O) groups is 1. The van der Waals surface area contributed by atoms with Crippen LogP contribution in [-0.4, -0.2) is 6.29 Å². The van der Waals surface area contributed by atoms with E-state index in [1.807, 2.05) is 25.2 Å². The molecule has 0 aromatic rings. The van der Waals surface area contributed by atoms with Crippen molar-refractivity contribution in [3.63, 3.8) is 0 Å². The maximum Gasteiger partial charge on any atom is 0.161 e. The van der Waals surface area contributed by atoms with Crippen LogP contribution >= 0.6 is 11.6 Å². The molecule has 0 aromatic heterocycles. The van der Waals surface area contributed by atoms with Gasteiger partial charge < -0.3 is 0 Å². The Balaban J connectivity index is 2.84. The second kappa shape index (κ2) is 8.33. The SMILES string of the molecule is CC1=C(/C=C/C(C)=C/C=C/C(C)=C(\Cl)C=O)C(C)(C)CCC1. The Labute approximate surface area is 140 Å². The van der Waals surface area contributed by atoms with Gasteiger partial charge in [-0.3, -0.25) is 4.79 Å². The molecule has 1 rings (SSSR count). The molecule has 0 bridgehead atoms. The van der Waals surface area contributed by atoms with Gasteiger partial charge in [0.25, 0.3) is 0 Å². The summed E-state index contributed by atoms with van der Waals surface area (Å²) < 4.78 is 0. The molecule has 0 radical (unpaired) electrons. The average molecular weight is 319 g/mol. The van der Waals surface area contributed by atoms with Crippen LogP contribution in [0.3, 0.4) is 0 Å². The molecule has 1 aliphatic carbocycles. The Kier molecular flexibility index (Phi) is 7.09. The van der Waals surface area contributed by atoms with E-state index in [4.69, 9.17) is 11.6 Å². The molecule has 0 fully saturated rings. The fourth-order valence-corrected chi connectivity index (χ4v) is 2.86. The molecule has 120 valence electrons. The molecule has 0 unspecified atom stereocenters. The van der Waals surface area contributed by atoms with E-state index in [-0.39, 0.29) is 10.4 Å². The minimum atomic E-state index is 0.252. The molecule has 2 heteroatoms. The van der Waals surface area contributed by atoms with Gasteiger partial charge in [0.2, 0.25) is 0 Å². The van der Waals surface area contributed by atoms with Crippen molar-refractivity contribution in [1.82, 2.24) is 0 Å². The molecular formula is C20H27ClO. The van der Waals surface area contributed by atoms with Crippen LogP contribution in [0.5, 0.6) is 0 Å². The molecule has 0 amide bonds. The maximum absolute atomic E-state index is 10.6. The van der Waals surface area contributed by atoms with Crippen LogP contribution in [0.4, 0.5) is 0 Å². The smallest absolute Gasteiger partial charge is 0.161 e. The first-order chi connectivity index (χ1) is 10.3. The molecule has 0 N–H and O–H groups in total.